The molecule has 1 atom stereocenters. The Labute approximate surface area is 99.6 Å². The van der Waals surface area contributed by atoms with Gasteiger partial charge in [-0.2, -0.15) is 0 Å². The summed E-state index contributed by atoms with van der Waals surface area (Å²) < 4.78 is 0. The number of carboxylic acid groups (broad SMARTS) is 1. The van der Waals surface area contributed by atoms with Crippen LogP contribution in [0.5, 0.6) is 0 Å². The molecule has 0 unspecified atom stereocenters. The van der Waals surface area contributed by atoms with E-state index in [1.807, 2.05) is 0 Å². The SMILES string of the molecule is CC[C@@](N)(C(=O)O)c1ccc(Cl)cc1.Cl. The van der Waals surface area contributed by atoms with E-state index < -0.39 is 11.5 Å². The molecule has 15 heavy (non-hydrogen) atoms. The van der Waals surface area contributed by atoms with E-state index >= 15 is 0 Å². The molecule has 0 heterocycles. The van der Waals surface area contributed by atoms with Gasteiger partial charge in [-0.3, -0.25) is 0 Å². The Morgan fingerprint density at radius 2 is 1.93 bits per heavy atom. The molecule has 3 nitrogen and oxygen atoms in total. The largest absolute Gasteiger partial charge is 0.480 e. The topological polar surface area (TPSA) is 63.3 Å². The highest BCUT2D eigenvalue weighted by Crippen LogP contribution is 2.23. The predicted octanol–water partition coefficient (Wildman–Crippen LogP) is 2.41. The van der Waals surface area contributed by atoms with E-state index in [-0.39, 0.29) is 12.4 Å². The first-order valence-corrected chi connectivity index (χ1v) is 4.67. The number of rotatable bonds is 3. The second-order valence-electron chi connectivity index (χ2n) is 3.14. The van der Waals surface area contributed by atoms with E-state index in [4.69, 9.17) is 22.4 Å². The second-order valence-corrected chi connectivity index (χ2v) is 3.57. The van der Waals surface area contributed by atoms with Crippen LogP contribution >= 0.6 is 24.0 Å². The number of carboxylic acids is 1. The van der Waals surface area contributed by atoms with Crippen LogP contribution in [0.15, 0.2) is 24.3 Å². The van der Waals surface area contributed by atoms with Crippen LogP contribution in [-0.2, 0) is 10.3 Å². The first-order chi connectivity index (χ1) is 6.50. The zero-order valence-corrected chi connectivity index (χ0v) is 9.81. The molecule has 0 amide bonds. The lowest BCUT2D eigenvalue weighted by atomic mass is 9.89. The number of hydrogen-bond donors (Lipinski definition) is 2. The zero-order chi connectivity index (χ0) is 10.8. The molecule has 0 bridgehead atoms. The van der Waals surface area contributed by atoms with Gasteiger partial charge in [-0.15, -0.1) is 12.4 Å². The van der Waals surface area contributed by atoms with Crippen LogP contribution in [-0.4, -0.2) is 11.1 Å². The van der Waals surface area contributed by atoms with Crippen molar-refractivity contribution >= 4 is 30.0 Å². The van der Waals surface area contributed by atoms with Gasteiger partial charge in [0.05, 0.1) is 0 Å². The highest BCUT2D eigenvalue weighted by Gasteiger charge is 2.33. The van der Waals surface area contributed by atoms with E-state index in [1.165, 1.54) is 0 Å². The van der Waals surface area contributed by atoms with Crippen molar-refractivity contribution in [2.75, 3.05) is 0 Å². The molecule has 0 saturated carbocycles. The minimum atomic E-state index is -1.31. The molecule has 0 aromatic heterocycles. The summed E-state index contributed by atoms with van der Waals surface area (Å²) in [7, 11) is 0. The minimum Gasteiger partial charge on any atom is -0.480 e. The van der Waals surface area contributed by atoms with Gasteiger partial charge in [0.1, 0.15) is 5.54 Å². The smallest absolute Gasteiger partial charge is 0.328 e. The van der Waals surface area contributed by atoms with E-state index in [1.54, 1.807) is 31.2 Å². The van der Waals surface area contributed by atoms with Crippen molar-refractivity contribution in [3.05, 3.63) is 34.9 Å². The summed E-state index contributed by atoms with van der Waals surface area (Å²) in [5.41, 5.74) is 5.02. The van der Waals surface area contributed by atoms with Crippen molar-refractivity contribution in [3.8, 4) is 0 Å². The van der Waals surface area contributed by atoms with Crippen LogP contribution in [0.25, 0.3) is 0 Å². The molecule has 1 aromatic rings. The molecule has 0 aliphatic carbocycles. The lowest BCUT2D eigenvalue weighted by molar-refractivity contribution is -0.143. The van der Waals surface area contributed by atoms with E-state index in [0.29, 0.717) is 17.0 Å². The molecular weight excluding hydrogens is 237 g/mol. The Bertz CT molecular complexity index is 340. The summed E-state index contributed by atoms with van der Waals surface area (Å²) in [6, 6.07) is 6.55. The molecule has 0 fully saturated rings. The predicted molar refractivity (Wildman–Crippen MR) is 62.5 cm³/mol. The number of nitrogens with two attached hydrogens (primary N) is 1. The maximum absolute atomic E-state index is 11.0. The van der Waals surface area contributed by atoms with Crippen molar-refractivity contribution < 1.29 is 9.90 Å². The lowest BCUT2D eigenvalue weighted by Crippen LogP contribution is -2.44. The Kier molecular flexibility index (Phi) is 5.08. The van der Waals surface area contributed by atoms with Gasteiger partial charge in [0.2, 0.25) is 0 Å². The van der Waals surface area contributed by atoms with Crippen LogP contribution in [0.1, 0.15) is 18.9 Å². The average molecular weight is 250 g/mol. The van der Waals surface area contributed by atoms with Crippen LogP contribution < -0.4 is 5.73 Å². The molecule has 0 aliphatic rings. The van der Waals surface area contributed by atoms with Gasteiger partial charge < -0.3 is 10.8 Å². The first-order valence-electron chi connectivity index (χ1n) is 4.29. The number of hydrogen-bond acceptors (Lipinski definition) is 2. The summed E-state index contributed by atoms with van der Waals surface area (Å²) in [6.07, 6.45) is 0.337. The zero-order valence-electron chi connectivity index (χ0n) is 8.24. The van der Waals surface area contributed by atoms with Gasteiger partial charge in [-0.25, -0.2) is 4.79 Å². The lowest BCUT2D eigenvalue weighted by Gasteiger charge is -2.23. The second kappa shape index (κ2) is 5.35. The van der Waals surface area contributed by atoms with Crippen molar-refractivity contribution in [2.24, 2.45) is 5.73 Å². The normalized spacial score (nSPS) is 13.8. The molecule has 0 aliphatic heterocycles. The first kappa shape index (κ1) is 14.2. The standard InChI is InChI=1S/C10H12ClNO2.ClH/c1-2-10(12,9(13)14)7-3-5-8(11)6-4-7;/h3-6H,2,12H2,1H3,(H,13,14);1H/t10-;/m0./s1. The van der Waals surface area contributed by atoms with Gasteiger partial charge in [0.15, 0.2) is 0 Å². The molecule has 0 saturated heterocycles. The van der Waals surface area contributed by atoms with Crippen LogP contribution in [0.2, 0.25) is 5.02 Å². The molecule has 1 rings (SSSR count). The fourth-order valence-corrected chi connectivity index (χ4v) is 1.35. The van der Waals surface area contributed by atoms with Crippen molar-refractivity contribution in [1.29, 1.82) is 0 Å². The third-order valence-corrected chi connectivity index (χ3v) is 2.55. The van der Waals surface area contributed by atoms with Gasteiger partial charge >= 0.3 is 5.97 Å². The summed E-state index contributed by atoms with van der Waals surface area (Å²) in [5.74, 6) is -1.03. The van der Waals surface area contributed by atoms with Gasteiger partial charge in [-0.1, -0.05) is 30.7 Å². The Morgan fingerprint density at radius 3 is 2.27 bits per heavy atom. The van der Waals surface area contributed by atoms with E-state index in [9.17, 15) is 4.79 Å². The summed E-state index contributed by atoms with van der Waals surface area (Å²) in [4.78, 5) is 11.0. The molecule has 1 aromatic carbocycles. The summed E-state index contributed by atoms with van der Waals surface area (Å²) in [5, 5.41) is 9.56. The van der Waals surface area contributed by atoms with Gasteiger partial charge in [0.25, 0.3) is 0 Å². The third kappa shape index (κ3) is 2.84. The third-order valence-electron chi connectivity index (χ3n) is 2.30. The number of carbonyl (C=O) groups is 1. The highest BCUT2D eigenvalue weighted by atomic mass is 35.5. The summed E-state index contributed by atoms with van der Waals surface area (Å²) in [6.45, 7) is 1.74. The van der Waals surface area contributed by atoms with E-state index in [2.05, 4.69) is 0 Å². The number of halogens is 2. The fourth-order valence-electron chi connectivity index (χ4n) is 1.23. The van der Waals surface area contributed by atoms with Crippen molar-refractivity contribution in [3.63, 3.8) is 0 Å². The quantitative estimate of drug-likeness (QED) is 0.865. The molecule has 0 spiro atoms. The van der Waals surface area contributed by atoms with Crippen LogP contribution in [0.4, 0.5) is 0 Å². The van der Waals surface area contributed by atoms with Crippen LogP contribution in [0.3, 0.4) is 0 Å². The Hall–Kier alpha value is -0.770. The Balaban J connectivity index is 0.00000196. The average Bonchev–Trinajstić information content (AvgIpc) is 2.17. The van der Waals surface area contributed by atoms with Gasteiger partial charge in [-0.05, 0) is 24.1 Å². The highest BCUT2D eigenvalue weighted by molar-refractivity contribution is 6.30. The molecule has 0 radical (unpaired) electrons. The monoisotopic (exact) mass is 249 g/mol. The van der Waals surface area contributed by atoms with Gasteiger partial charge in [0, 0.05) is 5.02 Å². The molecule has 5 heteroatoms. The van der Waals surface area contributed by atoms with Crippen LogP contribution in [0, 0.1) is 0 Å². The summed E-state index contributed by atoms with van der Waals surface area (Å²) >= 11 is 5.70. The molecule has 3 N–H and O–H groups in total. The van der Waals surface area contributed by atoms with Crippen molar-refractivity contribution in [1.82, 2.24) is 0 Å². The Morgan fingerprint density at radius 1 is 1.47 bits per heavy atom. The number of benzene rings is 1. The fraction of sp³-hybridized carbons (Fsp3) is 0.300. The minimum absolute atomic E-state index is 0. The van der Waals surface area contributed by atoms with Crippen molar-refractivity contribution in [2.45, 2.75) is 18.9 Å². The maximum atomic E-state index is 11.0. The van der Waals surface area contributed by atoms with E-state index in [0.717, 1.165) is 0 Å². The maximum Gasteiger partial charge on any atom is 0.328 e. The molecular formula is C10H13Cl2NO2. The molecule has 84 valence electrons. The number of aliphatic carboxylic acids is 1.